The van der Waals surface area contributed by atoms with E-state index in [0.717, 1.165) is 71.9 Å². The normalized spacial score (nSPS) is 24.3. The van der Waals surface area contributed by atoms with Gasteiger partial charge in [0.1, 0.15) is 47.8 Å². The first-order chi connectivity index (χ1) is 42.8. The minimum Gasteiger partial charge on any atom is -0.343 e. The standard InChI is InChI=1S/C64H94ClF6N11O11/c1-19-37(6)53-60(92)77(13)33-51(84)76(12)34-52(85)81(17)49(32-42-20-24-43(25-21-42)63(66,67)68)59(91)80(16)40(9)54(86)72-46(27-23-41-22-26-44(45(65)31-41)64(69,70)71)56(88)73-48(29-36(4)5)58(90)82(18)62(10,11)61(93)74-47(28-35(2)3)57(89)78(14)38(7)30-50(83)79(15)39(8)55(87)75-53/h20-22,24-26,31,35-40,46-49,53H,19,23,27-30,32-34H2,1-18H3,(H,72,86)(H,73,88)(H,74,93)(H,75,87)/t37-,38+,39-,40+,46-,47+,48-,49-,53-/m0/s1. The summed E-state index contributed by atoms with van der Waals surface area (Å²) in [5.74, 6) is -9.77. The van der Waals surface area contributed by atoms with Gasteiger partial charge in [0, 0.05) is 68.2 Å². The third-order valence-electron chi connectivity index (χ3n) is 17.4. The van der Waals surface area contributed by atoms with Crippen LogP contribution in [0.3, 0.4) is 0 Å². The highest BCUT2D eigenvalue weighted by Gasteiger charge is 2.43. The monoisotopic (exact) mass is 1340 g/mol. The zero-order chi connectivity index (χ0) is 71.3. The van der Waals surface area contributed by atoms with Crippen LogP contribution >= 0.6 is 11.6 Å². The summed E-state index contributed by atoms with van der Waals surface area (Å²) in [6.07, 6.45) is -10.4. The molecule has 1 fully saturated rings. The minimum atomic E-state index is -4.81. The highest BCUT2D eigenvalue weighted by Crippen LogP contribution is 2.35. The smallest absolute Gasteiger partial charge is 0.343 e. The Morgan fingerprint density at radius 3 is 1.58 bits per heavy atom. The number of nitrogens with one attached hydrogen (secondary N) is 4. The molecule has 1 aliphatic heterocycles. The Morgan fingerprint density at radius 2 is 1.06 bits per heavy atom. The fraction of sp³-hybridized carbons (Fsp3) is 0.641. The summed E-state index contributed by atoms with van der Waals surface area (Å²) >= 11 is 6.07. The number of carbonyl (C=O) groups excluding carboxylic acids is 11. The van der Waals surface area contributed by atoms with E-state index in [2.05, 4.69) is 21.3 Å². The molecule has 29 heteroatoms. The molecule has 0 unspecified atom stereocenters. The van der Waals surface area contributed by atoms with Gasteiger partial charge in [-0.25, -0.2) is 0 Å². The van der Waals surface area contributed by atoms with Gasteiger partial charge in [-0.2, -0.15) is 26.3 Å². The molecule has 93 heavy (non-hydrogen) atoms. The molecule has 1 saturated heterocycles. The molecule has 3 rings (SSSR count). The number of halogens is 7. The minimum absolute atomic E-state index is 0.0459. The highest BCUT2D eigenvalue weighted by molar-refractivity contribution is 6.31. The summed E-state index contributed by atoms with van der Waals surface area (Å²) < 4.78 is 82.4. The van der Waals surface area contributed by atoms with E-state index in [0.29, 0.717) is 6.42 Å². The molecule has 9 atom stereocenters. The summed E-state index contributed by atoms with van der Waals surface area (Å²) in [6.45, 7) is 16.4. The summed E-state index contributed by atoms with van der Waals surface area (Å²) in [7, 11) is 9.04. The second-order valence-corrected chi connectivity index (χ2v) is 26.2. The van der Waals surface area contributed by atoms with Crippen molar-refractivity contribution in [3.8, 4) is 0 Å². The molecule has 2 aromatic rings. The topological polar surface area (TPSA) is 259 Å². The van der Waals surface area contributed by atoms with Gasteiger partial charge in [0.25, 0.3) is 0 Å². The van der Waals surface area contributed by atoms with Crippen molar-refractivity contribution in [1.29, 1.82) is 0 Å². The van der Waals surface area contributed by atoms with Gasteiger partial charge in [-0.05, 0) is 113 Å². The van der Waals surface area contributed by atoms with Gasteiger partial charge in [-0.1, -0.05) is 77.8 Å². The third-order valence-corrected chi connectivity index (χ3v) is 17.7. The first-order valence-corrected chi connectivity index (χ1v) is 31.2. The van der Waals surface area contributed by atoms with Crippen LogP contribution in [0.1, 0.15) is 131 Å². The number of nitrogens with zero attached hydrogens (tertiary/aromatic N) is 7. The zero-order valence-corrected chi connectivity index (χ0v) is 57.3. The van der Waals surface area contributed by atoms with Crippen LogP contribution in [0.15, 0.2) is 42.5 Å². The van der Waals surface area contributed by atoms with Crippen molar-refractivity contribution in [3.63, 3.8) is 0 Å². The predicted octanol–water partition coefficient (Wildman–Crippen LogP) is 5.56. The van der Waals surface area contributed by atoms with Crippen LogP contribution in [-0.2, 0) is 77.9 Å². The highest BCUT2D eigenvalue weighted by atomic mass is 35.5. The summed E-state index contributed by atoms with van der Waals surface area (Å²) in [4.78, 5) is 165. The van der Waals surface area contributed by atoms with Gasteiger partial charge in [-0.3, -0.25) is 52.7 Å². The second-order valence-electron chi connectivity index (χ2n) is 25.8. The van der Waals surface area contributed by atoms with Crippen molar-refractivity contribution >= 4 is 76.6 Å². The van der Waals surface area contributed by atoms with E-state index >= 15 is 0 Å². The third kappa shape index (κ3) is 21.8. The van der Waals surface area contributed by atoms with Crippen LogP contribution in [0.25, 0.3) is 0 Å². The fourth-order valence-corrected chi connectivity index (χ4v) is 10.4. The largest absolute Gasteiger partial charge is 0.417 e. The van der Waals surface area contributed by atoms with Crippen LogP contribution in [0, 0.1) is 17.8 Å². The number of aryl methyl sites for hydroxylation is 1. The molecule has 0 radical (unpaired) electrons. The van der Waals surface area contributed by atoms with Gasteiger partial charge in [0.05, 0.1) is 29.2 Å². The molecule has 1 aliphatic rings. The Labute approximate surface area is 546 Å². The van der Waals surface area contributed by atoms with Crippen molar-refractivity contribution in [2.45, 2.75) is 187 Å². The molecular formula is C64H94ClF6N11O11. The van der Waals surface area contributed by atoms with Gasteiger partial charge >= 0.3 is 12.4 Å². The van der Waals surface area contributed by atoms with Crippen molar-refractivity contribution in [1.82, 2.24) is 55.6 Å². The van der Waals surface area contributed by atoms with Gasteiger partial charge in [0.2, 0.25) is 65.0 Å². The predicted molar refractivity (Wildman–Crippen MR) is 336 cm³/mol. The van der Waals surface area contributed by atoms with Crippen LogP contribution in [0.5, 0.6) is 0 Å². The van der Waals surface area contributed by atoms with E-state index in [-0.39, 0.29) is 55.1 Å². The molecule has 2 aromatic carbocycles. The Balaban J connectivity index is 2.26. The fourth-order valence-electron chi connectivity index (χ4n) is 10.1. The molecule has 520 valence electrons. The molecule has 4 N–H and O–H groups in total. The average molecular weight is 1340 g/mol. The molecule has 0 bridgehead atoms. The molecule has 1 heterocycles. The SMILES string of the molecule is CC[C@H](C)[C@@H]1NC(=O)[C@H](C)N(C)C(=O)C[C@@H](C)N(C)C(=O)[C@@H](CC(C)C)NC(=O)C(C)(C)N(C)C(=O)[C@H](CC(C)C)NC(=O)[C@H](CCc2ccc(C(F)(F)F)c(Cl)c2)NC(=O)[C@@H](C)N(C)C(=O)[C@H](Cc2ccc(C(F)(F)F)cc2)N(C)C(=O)CN(C)C(=O)CN(C)C1=O. The lowest BCUT2D eigenvalue weighted by molar-refractivity contribution is -0.149. The summed E-state index contributed by atoms with van der Waals surface area (Å²) in [5.41, 5.74) is -3.57. The summed E-state index contributed by atoms with van der Waals surface area (Å²) in [5, 5.41) is 10.1. The number of rotatable bonds is 11. The van der Waals surface area contributed by atoms with Crippen molar-refractivity contribution < 1.29 is 79.1 Å². The quantitative estimate of drug-likeness (QED) is 0.203. The van der Waals surface area contributed by atoms with E-state index in [4.69, 9.17) is 11.6 Å². The van der Waals surface area contributed by atoms with E-state index in [1.165, 1.54) is 81.9 Å². The molecule has 0 aliphatic carbocycles. The van der Waals surface area contributed by atoms with E-state index in [9.17, 15) is 79.1 Å². The molecule has 22 nitrogen and oxygen atoms in total. The number of hydrogen-bond acceptors (Lipinski definition) is 11. The van der Waals surface area contributed by atoms with Crippen LogP contribution in [0.2, 0.25) is 5.02 Å². The Bertz CT molecular complexity index is 3020. The van der Waals surface area contributed by atoms with Gasteiger partial charge in [-0.15, -0.1) is 0 Å². The van der Waals surface area contributed by atoms with E-state index in [1.807, 2.05) is 13.8 Å². The maximum atomic E-state index is 14.8. The average Bonchev–Trinajstić information content (AvgIpc) is 2.41. The molecule has 11 amide bonds. The number of alkyl halides is 6. The lowest BCUT2D eigenvalue weighted by Gasteiger charge is -2.39. The molecule has 0 saturated carbocycles. The van der Waals surface area contributed by atoms with Crippen molar-refractivity contribution in [3.05, 3.63) is 69.7 Å². The number of amides is 11. The van der Waals surface area contributed by atoms with Crippen LogP contribution in [-0.4, -0.2) is 216 Å². The Morgan fingerprint density at radius 1 is 0.559 bits per heavy atom. The van der Waals surface area contributed by atoms with Crippen LogP contribution in [0.4, 0.5) is 26.3 Å². The number of carbonyl (C=O) groups is 11. The molecule has 0 spiro atoms. The summed E-state index contributed by atoms with van der Waals surface area (Å²) in [6, 6.07) is -3.93. The maximum absolute atomic E-state index is 14.8. The lowest BCUT2D eigenvalue weighted by Crippen LogP contribution is -2.63. The molecular weight excluding hydrogens is 1250 g/mol. The maximum Gasteiger partial charge on any atom is 0.417 e. The van der Waals surface area contributed by atoms with Crippen molar-refractivity contribution in [2.24, 2.45) is 17.8 Å². The Hall–Kier alpha value is -7.52. The number of hydrogen-bond donors (Lipinski definition) is 4. The number of likely N-dealkylation sites (N-methyl/N-ethyl adjacent to an activating group) is 7. The van der Waals surface area contributed by atoms with Crippen LogP contribution < -0.4 is 21.3 Å². The van der Waals surface area contributed by atoms with E-state index < -0.39 is 173 Å². The Kier molecular flexibility index (Phi) is 28.8. The number of benzene rings is 2. The van der Waals surface area contributed by atoms with Crippen molar-refractivity contribution in [2.75, 3.05) is 62.4 Å². The zero-order valence-electron chi connectivity index (χ0n) is 56.5. The lowest BCUT2D eigenvalue weighted by atomic mass is 9.95. The molecule has 0 aromatic heterocycles. The second kappa shape index (κ2) is 33.5. The van der Waals surface area contributed by atoms with Gasteiger partial charge < -0.3 is 55.6 Å². The first kappa shape index (κ1) is 79.7. The van der Waals surface area contributed by atoms with E-state index in [1.54, 1.807) is 34.6 Å². The first-order valence-electron chi connectivity index (χ1n) is 30.8. The van der Waals surface area contributed by atoms with Gasteiger partial charge in [0.15, 0.2) is 0 Å².